The SMILES string of the molecule is OCC#Cc1ccc(CN2CCC(O)C2)c(F)c1. The summed E-state index contributed by atoms with van der Waals surface area (Å²) in [5, 5.41) is 18.0. The van der Waals surface area contributed by atoms with Gasteiger partial charge in [-0.25, -0.2) is 4.39 Å². The van der Waals surface area contributed by atoms with Crippen molar-refractivity contribution in [3.05, 3.63) is 35.1 Å². The van der Waals surface area contributed by atoms with Crippen LogP contribution in [0.3, 0.4) is 0 Å². The molecule has 0 bridgehead atoms. The Morgan fingerprint density at radius 2 is 2.28 bits per heavy atom. The molecule has 2 N–H and O–H groups in total. The average Bonchev–Trinajstić information content (AvgIpc) is 2.75. The van der Waals surface area contributed by atoms with Crippen molar-refractivity contribution in [1.29, 1.82) is 0 Å². The molecular formula is C14H16FNO2. The van der Waals surface area contributed by atoms with E-state index in [2.05, 4.69) is 11.8 Å². The van der Waals surface area contributed by atoms with Gasteiger partial charge >= 0.3 is 0 Å². The summed E-state index contributed by atoms with van der Waals surface area (Å²) in [5.74, 6) is 4.86. The lowest BCUT2D eigenvalue weighted by Gasteiger charge is -2.15. The molecule has 0 saturated carbocycles. The van der Waals surface area contributed by atoms with Gasteiger partial charge in [0.15, 0.2) is 0 Å². The van der Waals surface area contributed by atoms with Gasteiger partial charge in [0.05, 0.1) is 6.10 Å². The van der Waals surface area contributed by atoms with Crippen LogP contribution in [0.4, 0.5) is 4.39 Å². The number of aliphatic hydroxyl groups is 2. The third-order valence-corrected chi connectivity index (χ3v) is 3.01. The minimum absolute atomic E-state index is 0.227. The molecule has 3 nitrogen and oxygen atoms in total. The van der Waals surface area contributed by atoms with E-state index in [0.717, 1.165) is 13.0 Å². The second-order valence-electron chi connectivity index (χ2n) is 4.44. The monoisotopic (exact) mass is 249 g/mol. The average molecular weight is 249 g/mol. The van der Waals surface area contributed by atoms with Gasteiger partial charge in [-0.2, -0.15) is 0 Å². The van der Waals surface area contributed by atoms with Crippen LogP contribution in [0.25, 0.3) is 0 Å². The molecule has 1 unspecified atom stereocenters. The maximum atomic E-state index is 13.8. The minimum atomic E-state index is -0.291. The normalized spacial score (nSPS) is 19.6. The van der Waals surface area contributed by atoms with E-state index < -0.39 is 0 Å². The molecule has 0 aromatic heterocycles. The molecule has 1 saturated heterocycles. The van der Waals surface area contributed by atoms with Gasteiger partial charge in [0.2, 0.25) is 0 Å². The zero-order valence-electron chi connectivity index (χ0n) is 10.1. The molecule has 1 aliphatic rings. The Morgan fingerprint density at radius 3 is 2.89 bits per heavy atom. The van der Waals surface area contributed by atoms with Crippen molar-refractivity contribution < 1.29 is 14.6 Å². The second kappa shape index (κ2) is 5.96. The summed E-state index contributed by atoms with van der Waals surface area (Å²) >= 11 is 0. The molecule has 18 heavy (non-hydrogen) atoms. The van der Waals surface area contributed by atoms with Crippen LogP contribution in [0.2, 0.25) is 0 Å². The highest BCUT2D eigenvalue weighted by Crippen LogP contribution is 2.16. The van der Waals surface area contributed by atoms with E-state index in [4.69, 9.17) is 5.11 Å². The summed E-state index contributed by atoms with van der Waals surface area (Å²) in [5.41, 5.74) is 1.17. The zero-order chi connectivity index (χ0) is 13.0. The Bertz CT molecular complexity index is 478. The molecule has 1 aromatic rings. The van der Waals surface area contributed by atoms with E-state index in [-0.39, 0.29) is 18.5 Å². The van der Waals surface area contributed by atoms with Crippen LogP contribution < -0.4 is 0 Å². The first-order valence-corrected chi connectivity index (χ1v) is 5.97. The largest absolute Gasteiger partial charge is 0.392 e. The first-order valence-electron chi connectivity index (χ1n) is 5.97. The summed E-state index contributed by atoms with van der Waals surface area (Å²) in [6.07, 6.45) is 0.463. The van der Waals surface area contributed by atoms with Gasteiger partial charge in [-0.1, -0.05) is 17.9 Å². The third kappa shape index (κ3) is 3.30. The van der Waals surface area contributed by atoms with Crippen molar-refractivity contribution in [2.75, 3.05) is 19.7 Å². The lowest BCUT2D eigenvalue weighted by molar-refractivity contribution is 0.174. The number of aliphatic hydroxyl groups excluding tert-OH is 2. The lowest BCUT2D eigenvalue weighted by Crippen LogP contribution is -2.22. The molecule has 0 radical (unpaired) electrons. The molecule has 1 heterocycles. The highest BCUT2D eigenvalue weighted by atomic mass is 19.1. The number of β-amino-alcohol motifs (C(OH)–C–C–N with tert-alkyl or cyclic N) is 1. The molecular weight excluding hydrogens is 233 g/mol. The van der Waals surface area contributed by atoms with Crippen LogP contribution in [0.15, 0.2) is 18.2 Å². The molecule has 1 aliphatic heterocycles. The van der Waals surface area contributed by atoms with E-state index in [0.29, 0.717) is 24.2 Å². The van der Waals surface area contributed by atoms with Crippen LogP contribution in [0, 0.1) is 17.7 Å². The summed E-state index contributed by atoms with van der Waals surface area (Å²) in [7, 11) is 0. The van der Waals surface area contributed by atoms with Crippen molar-refractivity contribution in [2.45, 2.75) is 19.1 Å². The van der Waals surface area contributed by atoms with Crippen LogP contribution in [-0.4, -0.2) is 40.9 Å². The predicted molar refractivity (Wildman–Crippen MR) is 66.3 cm³/mol. The Kier molecular flexibility index (Phi) is 4.32. The first kappa shape index (κ1) is 13.0. The minimum Gasteiger partial charge on any atom is -0.392 e. The lowest BCUT2D eigenvalue weighted by atomic mass is 10.1. The fourth-order valence-electron chi connectivity index (χ4n) is 2.09. The fourth-order valence-corrected chi connectivity index (χ4v) is 2.09. The number of benzene rings is 1. The van der Waals surface area contributed by atoms with Crippen LogP contribution >= 0.6 is 0 Å². The number of hydrogen-bond donors (Lipinski definition) is 2. The quantitative estimate of drug-likeness (QED) is 0.760. The third-order valence-electron chi connectivity index (χ3n) is 3.01. The van der Waals surface area contributed by atoms with Gasteiger partial charge in [-0.15, -0.1) is 0 Å². The van der Waals surface area contributed by atoms with Gasteiger partial charge < -0.3 is 10.2 Å². The maximum Gasteiger partial charge on any atom is 0.128 e. The molecule has 1 aromatic carbocycles. The summed E-state index contributed by atoms with van der Waals surface area (Å²) in [6.45, 7) is 1.68. The van der Waals surface area contributed by atoms with Crippen molar-refractivity contribution in [3.63, 3.8) is 0 Å². The maximum absolute atomic E-state index is 13.8. The van der Waals surface area contributed by atoms with Gasteiger partial charge in [0, 0.05) is 30.8 Å². The number of hydrogen-bond acceptors (Lipinski definition) is 3. The molecule has 4 heteroatoms. The van der Waals surface area contributed by atoms with E-state index >= 15 is 0 Å². The van der Waals surface area contributed by atoms with Crippen LogP contribution in [0.5, 0.6) is 0 Å². The summed E-state index contributed by atoms with van der Waals surface area (Å²) in [6, 6.07) is 4.83. The topological polar surface area (TPSA) is 43.7 Å². The molecule has 96 valence electrons. The number of nitrogens with zero attached hydrogens (tertiary/aromatic N) is 1. The number of halogens is 1. The Hall–Kier alpha value is -1.41. The Morgan fingerprint density at radius 1 is 1.44 bits per heavy atom. The summed E-state index contributed by atoms with van der Waals surface area (Å²) < 4.78 is 13.8. The molecule has 0 aliphatic carbocycles. The second-order valence-corrected chi connectivity index (χ2v) is 4.44. The molecule has 0 amide bonds. The molecule has 0 spiro atoms. The molecule has 1 atom stereocenters. The van der Waals surface area contributed by atoms with Crippen molar-refractivity contribution in [1.82, 2.24) is 4.90 Å². The van der Waals surface area contributed by atoms with Gasteiger partial charge in [-0.05, 0) is 18.6 Å². The van der Waals surface area contributed by atoms with E-state index in [1.807, 2.05) is 4.90 Å². The van der Waals surface area contributed by atoms with E-state index in [1.54, 1.807) is 12.1 Å². The highest BCUT2D eigenvalue weighted by molar-refractivity contribution is 5.37. The van der Waals surface area contributed by atoms with Crippen LogP contribution in [-0.2, 0) is 6.54 Å². The smallest absolute Gasteiger partial charge is 0.128 e. The zero-order valence-corrected chi connectivity index (χ0v) is 10.1. The fraction of sp³-hybridized carbons (Fsp3) is 0.429. The van der Waals surface area contributed by atoms with Crippen LogP contribution in [0.1, 0.15) is 17.5 Å². The van der Waals surface area contributed by atoms with E-state index in [1.165, 1.54) is 6.07 Å². The Balaban J connectivity index is 2.05. The highest BCUT2D eigenvalue weighted by Gasteiger charge is 2.20. The van der Waals surface area contributed by atoms with Crippen molar-refractivity contribution >= 4 is 0 Å². The van der Waals surface area contributed by atoms with Gasteiger partial charge in [-0.3, -0.25) is 4.90 Å². The van der Waals surface area contributed by atoms with Crippen molar-refractivity contribution in [3.8, 4) is 11.8 Å². The van der Waals surface area contributed by atoms with Gasteiger partial charge in [0.1, 0.15) is 12.4 Å². The van der Waals surface area contributed by atoms with Crippen molar-refractivity contribution in [2.24, 2.45) is 0 Å². The predicted octanol–water partition coefficient (Wildman–Crippen LogP) is 0.736. The van der Waals surface area contributed by atoms with Gasteiger partial charge in [0.25, 0.3) is 0 Å². The number of likely N-dealkylation sites (tertiary alicyclic amines) is 1. The number of rotatable bonds is 2. The Labute approximate surface area is 106 Å². The molecule has 1 fully saturated rings. The van der Waals surface area contributed by atoms with E-state index in [9.17, 15) is 9.50 Å². The standard InChI is InChI=1S/C14H16FNO2/c15-14-8-11(2-1-7-17)3-4-12(14)9-16-6-5-13(18)10-16/h3-4,8,13,17-18H,5-7,9-10H2. The first-order chi connectivity index (χ1) is 8.69. The summed E-state index contributed by atoms with van der Waals surface area (Å²) in [4.78, 5) is 2.03. The molecule has 2 rings (SSSR count).